The normalized spacial score (nSPS) is 24.0. The van der Waals surface area contributed by atoms with E-state index in [9.17, 15) is 9.59 Å². The van der Waals surface area contributed by atoms with Crippen LogP contribution in [0.4, 0.5) is 0 Å². The number of ether oxygens (including phenoxy) is 2. The Kier molecular flexibility index (Phi) is 4.76. The Balaban J connectivity index is 1.89. The summed E-state index contributed by atoms with van der Waals surface area (Å²) in [6, 6.07) is 5.28. The van der Waals surface area contributed by atoms with Gasteiger partial charge in [0.2, 0.25) is 5.91 Å². The Labute approximate surface area is 142 Å². The number of benzene rings is 1. The zero-order valence-electron chi connectivity index (χ0n) is 14.3. The first-order valence-corrected chi connectivity index (χ1v) is 8.39. The van der Waals surface area contributed by atoms with Crippen molar-refractivity contribution in [3.05, 3.63) is 29.3 Å². The van der Waals surface area contributed by atoms with Gasteiger partial charge < -0.3 is 14.8 Å². The van der Waals surface area contributed by atoms with Gasteiger partial charge in [-0.15, -0.1) is 0 Å². The van der Waals surface area contributed by atoms with Crippen LogP contribution in [0, 0.1) is 0 Å². The van der Waals surface area contributed by atoms with Crippen LogP contribution in [0.1, 0.15) is 41.6 Å². The number of rotatable bonds is 4. The van der Waals surface area contributed by atoms with E-state index in [0.717, 1.165) is 50.1 Å². The van der Waals surface area contributed by atoms with Gasteiger partial charge in [0.15, 0.2) is 0 Å². The second-order valence-electron chi connectivity index (χ2n) is 6.43. The number of carbonyl (C=O) groups excluding carboxylic acids is 2. The topological polar surface area (TPSA) is 67.9 Å². The fourth-order valence-electron chi connectivity index (χ4n) is 3.92. The molecule has 1 atom stereocenters. The number of methoxy groups -OCH3 is 2. The quantitative estimate of drug-likeness (QED) is 0.851. The largest absolute Gasteiger partial charge is 0.496 e. The molecule has 24 heavy (non-hydrogen) atoms. The van der Waals surface area contributed by atoms with Crippen LogP contribution in [0.3, 0.4) is 0 Å². The van der Waals surface area contributed by atoms with Gasteiger partial charge in [0.1, 0.15) is 11.3 Å². The summed E-state index contributed by atoms with van der Waals surface area (Å²) in [5.74, 6) is 0.487. The first-order chi connectivity index (χ1) is 11.6. The predicted molar refractivity (Wildman–Crippen MR) is 89.0 cm³/mol. The van der Waals surface area contributed by atoms with E-state index in [-0.39, 0.29) is 11.9 Å². The van der Waals surface area contributed by atoms with E-state index in [4.69, 9.17) is 9.47 Å². The van der Waals surface area contributed by atoms with Gasteiger partial charge in [0.25, 0.3) is 0 Å². The maximum Gasteiger partial charge on any atom is 0.337 e. The molecule has 1 aromatic rings. The number of carbonyl (C=O) groups is 2. The van der Waals surface area contributed by atoms with E-state index < -0.39 is 5.54 Å². The molecule has 2 aliphatic rings. The molecule has 3 rings (SSSR count). The van der Waals surface area contributed by atoms with Crippen molar-refractivity contribution in [2.75, 3.05) is 27.3 Å². The van der Waals surface area contributed by atoms with Crippen molar-refractivity contribution in [2.24, 2.45) is 0 Å². The lowest BCUT2D eigenvalue weighted by molar-refractivity contribution is -0.134. The van der Waals surface area contributed by atoms with E-state index in [1.165, 1.54) is 7.11 Å². The highest BCUT2D eigenvalue weighted by Crippen LogP contribution is 2.38. The molecular formula is C18H24N2O4. The van der Waals surface area contributed by atoms with Gasteiger partial charge in [-0.2, -0.15) is 0 Å². The number of nitrogens with zero attached hydrogens (tertiary/aromatic N) is 1. The van der Waals surface area contributed by atoms with Crippen molar-refractivity contribution in [2.45, 2.75) is 37.8 Å². The minimum absolute atomic E-state index is 0.134. The van der Waals surface area contributed by atoms with Gasteiger partial charge in [-0.05, 0) is 50.4 Å². The summed E-state index contributed by atoms with van der Waals surface area (Å²) in [7, 11) is 2.98. The number of nitrogens with one attached hydrogen (secondary N) is 1. The molecule has 6 heteroatoms. The fourth-order valence-corrected chi connectivity index (χ4v) is 3.92. The average molecular weight is 332 g/mol. The predicted octanol–water partition coefficient (Wildman–Crippen LogP) is 1.73. The third-order valence-electron chi connectivity index (χ3n) is 5.16. The summed E-state index contributed by atoms with van der Waals surface area (Å²) in [5.41, 5.74) is 0.986. The molecular weight excluding hydrogens is 308 g/mol. The maximum atomic E-state index is 12.5. The van der Waals surface area contributed by atoms with Crippen LogP contribution in [0.15, 0.2) is 18.2 Å². The lowest BCUT2D eigenvalue weighted by Gasteiger charge is -2.40. The molecule has 2 heterocycles. The number of piperidine rings is 1. The summed E-state index contributed by atoms with van der Waals surface area (Å²) in [4.78, 5) is 26.6. The van der Waals surface area contributed by atoms with E-state index in [2.05, 4.69) is 10.2 Å². The highest BCUT2D eigenvalue weighted by molar-refractivity contribution is 5.90. The number of esters is 1. The maximum absolute atomic E-state index is 12.5. The van der Waals surface area contributed by atoms with E-state index in [1.54, 1.807) is 25.3 Å². The van der Waals surface area contributed by atoms with Crippen LogP contribution in [-0.4, -0.2) is 49.6 Å². The molecule has 1 amide bonds. The molecule has 1 aromatic carbocycles. The van der Waals surface area contributed by atoms with E-state index >= 15 is 0 Å². The SMILES string of the molecule is COC(=O)c1ccc(OC)c(CN2CCCC23CCCNC3=O)c1. The summed E-state index contributed by atoms with van der Waals surface area (Å²) in [5, 5.41) is 3.01. The van der Waals surface area contributed by atoms with Crippen LogP contribution in [0.2, 0.25) is 0 Å². The van der Waals surface area contributed by atoms with E-state index in [0.29, 0.717) is 12.1 Å². The molecule has 6 nitrogen and oxygen atoms in total. The Hall–Kier alpha value is -2.08. The van der Waals surface area contributed by atoms with Gasteiger partial charge in [-0.25, -0.2) is 4.79 Å². The van der Waals surface area contributed by atoms with Crippen LogP contribution in [0.5, 0.6) is 5.75 Å². The van der Waals surface area contributed by atoms with E-state index in [1.807, 2.05) is 0 Å². The van der Waals surface area contributed by atoms with Crippen molar-refractivity contribution < 1.29 is 19.1 Å². The minimum atomic E-state index is -0.412. The Morgan fingerprint density at radius 3 is 2.79 bits per heavy atom. The number of hydrogen-bond acceptors (Lipinski definition) is 5. The van der Waals surface area contributed by atoms with Gasteiger partial charge in [0, 0.05) is 18.7 Å². The Morgan fingerprint density at radius 1 is 1.29 bits per heavy atom. The number of likely N-dealkylation sites (tertiary alicyclic amines) is 1. The smallest absolute Gasteiger partial charge is 0.337 e. The van der Waals surface area contributed by atoms with Gasteiger partial charge in [-0.1, -0.05) is 0 Å². The molecule has 0 aliphatic carbocycles. The Bertz CT molecular complexity index is 646. The fraction of sp³-hybridized carbons (Fsp3) is 0.556. The summed E-state index contributed by atoms with van der Waals surface area (Å²) < 4.78 is 10.3. The van der Waals surface area contributed by atoms with Crippen LogP contribution in [0.25, 0.3) is 0 Å². The monoisotopic (exact) mass is 332 g/mol. The van der Waals surface area contributed by atoms with Crippen molar-refractivity contribution in [1.29, 1.82) is 0 Å². The summed E-state index contributed by atoms with van der Waals surface area (Å²) >= 11 is 0. The lowest BCUT2D eigenvalue weighted by atomic mass is 9.86. The standard InChI is InChI=1S/C18H24N2O4/c1-23-15-6-5-13(16(21)24-2)11-14(15)12-20-10-4-8-18(20)7-3-9-19-17(18)22/h5-6,11H,3-4,7-10,12H2,1-2H3,(H,19,22). The van der Waals surface area contributed by atoms with Crippen molar-refractivity contribution >= 4 is 11.9 Å². The van der Waals surface area contributed by atoms with Crippen molar-refractivity contribution in [1.82, 2.24) is 10.2 Å². The molecule has 1 unspecified atom stereocenters. The summed E-state index contributed by atoms with van der Waals surface area (Å²) in [6.07, 6.45) is 3.78. The molecule has 0 saturated carbocycles. The second kappa shape index (κ2) is 6.81. The lowest BCUT2D eigenvalue weighted by Crippen LogP contribution is -2.58. The van der Waals surface area contributed by atoms with Crippen LogP contribution < -0.4 is 10.1 Å². The third kappa shape index (κ3) is 2.86. The molecule has 2 aliphatic heterocycles. The zero-order valence-corrected chi connectivity index (χ0v) is 14.3. The zero-order chi connectivity index (χ0) is 17.2. The molecule has 2 fully saturated rings. The van der Waals surface area contributed by atoms with Crippen molar-refractivity contribution in [3.63, 3.8) is 0 Å². The van der Waals surface area contributed by atoms with Gasteiger partial charge in [-0.3, -0.25) is 9.69 Å². The summed E-state index contributed by atoms with van der Waals surface area (Å²) in [6.45, 7) is 2.22. The van der Waals surface area contributed by atoms with Crippen molar-refractivity contribution in [3.8, 4) is 5.75 Å². The molecule has 0 aromatic heterocycles. The molecule has 130 valence electrons. The average Bonchev–Trinajstić information content (AvgIpc) is 3.00. The number of hydrogen-bond donors (Lipinski definition) is 1. The second-order valence-corrected chi connectivity index (χ2v) is 6.43. The molecule has 1 spiro atoms. The molecule has 2 saturated heterocycles. The van der Waals surface area contributed by atoms with Crippen LogP contribution >= 0.6 is 0 Å². The van der Waals surface area contributed by atoms with Gasteiger partial charge in [0.05, 0.1) is 19.8 Å². The van der Waals surface area contributed by atoms with Gasteiger partial charge >= 0.3 is 5.97 Å². The molecule has 1 N–H and O–H groups in total. The third-order valence-corrected chi connectivity index (χ3v) is 5.16. The minimum Gasteiger partial charge on any atom is -0.496 e. The van der Waals surface area contributed by atoms with Crippen LogP contribution in [-0.2, 0) is 16.1 Å². The number of amides is 1. The molecule has 0 bridgehead atoms. The highest BCUT2D eigenvalue weighted by atomic mass is 16.5. The highest BCUT2D eigenvalue weighted by Gasteiger charge is 2.48. The first kappa shape index (κ1) is 16.8. The Morgan fingerprint density at radius 2 is 2.08 bits per heavy atom. The molecule has 0 radical (unpaired) electrons. The first-order valence-electron chi connectivity index (χ1n) is 8.39.